The second kappa shape index (κ2) is 4.87. The molecule has 2 rings (SSSR count). The minimum absolute atomic E-state index is 0.300. The first kappa shape index (κ1) is 12.1. The number of aliphatic carboxylic acids is 1. The normalized spacial score (nSPS) is 19.3. The molecule has 0 saturated heterocycles. The number of carboxylic acid groups (broad SMARTS) is 1. The Balaban J connectivity index is 2.19. The van der Waals surface area contributed by atoms with Crippen molar-refractivity contribution < 1.29 is 19.1 Å². The van der Waals surface area contributed by atoms with Gasteiger partial charge in [-0.25, -0.2) is 9.80 Å². The van der Waals surface area contributed by atoms with E-state index in [1.807, 2.05) is 6.92 Å². The zero-order valence-corrected chi connectivity index (χ0v) is 9.74. The predicted molar refractivity (Wildman–Crippen MR) is 62.8 cm³/mol. The molecule has 18 heavy (non-hydrogen) atoms. The molecule has 1 aliphatic rings. The van der Waals surface area contributed by atoms with E-state index in [0.717, 1.165) is 17.9 Å². The van der Waals surface area contributed by atoms with Gasteiger partial charge < -0.3 is 9.52 Å². The summed E-state index contributed by atoms with van der Waals surface area (Å²) in [6.45, 7) is 1.81. The number of carbonyl (C=O) groups is 2. The highest BCUT2D eigenvalue weighted by molar-refractivity contribution is 5.96. The van der Waals surface area contributed by atoms with Crippen LogP contribution in [0.1, 0.15) is 25.1 Å². The third-order valence-electron chi connectivity index (χ3n) is 2.53. The Morgan fingerprint density at radius 3 is 2.94 bits per heavy atom. The van der Waals surface area contributed by atoms with Crippen molar-refractivity contribution in [2.24, 2.45) is 5.10 Å². The SMILES string of the molecule is CC1=NN(C(=O)C=CC(=O)O)C(c2ccco2)C1. The van der Waals surface area contributed by atoms with Gasteiger partial charge in [-0.1, -0.05) is 0 Å². The molecule has 0 bridgehead atoms. The topological polar surface area (TPSA) is 83.1 Å². The molecule has 1 unspecified atom stereocenters. The van der Waals surface area contributed by atoms with E-state index in [-0.39, 0.29) is 6.04 Å². The molecule has 1 aromatic rings. The maximum absolute atomic E-state index is 11.8. The highest BCUT2D eigenvalue weighted by atomic mass is 16.4. The van der Waals surface area contributed by atoms with E-state index in [9.17, 15) is 9.59 Å². The Bertz CT molecular complexity index is 516. The monoisotopic (exact) mass is 248 g/mol. The van der Waals surface area contributed by atoms with E-state index in [4.69, 9.17) is 9.52 Å². The lowest BCUT2D eigenvalue weighted by Crippen LogP contribution is -2.25. The number of nitrogens with zero attached hydrogens (tertiary/aromatic N) is 2. The van der Waals surface area contributed by atoms with Crippen LogP contribution in [0.4, 0.5) is 0 Å². The van der Waals surface area contributed by atoms with Gasteiger partial charge in [0.05, 0.1) is 6.26 Å². The first-order valence-electron chi connectivity index (χ1n) is 5.39. The van der Waals surface area contributed by atoms with Crippen LogP contribution in [-0.2, 0) is 9.59 Å². The van der Waals surface area contributed by atoms with Crippen molar-refractivity contribution >= 4 is 17.6 Å². The van der Waals surface area contributed by atoms with Crippen LogP contribution in [-0.4, -0.2) is 27.7 Å². The average Bonchev–Trinajstić information content (AvgIpc) is 2.93. The summed E-state index contributed by atoms with van der Waals surface area (Å²) in [5.74, 6) is -1.01. The largest absolute Gasteiger partial charge is 0.478 e. The summed E-state index contributed by atoms with van der Waals surface area (Å²) in [4.78, 5) is 22.2. The van der Waals surface area contributed by atoms with Crippen molar-refractivity contribution in [3.8, 4) is 0 Å². The van der Waals surface area contributed by atoms with Crippen LogP contribution in [0.25, 0.3) is 0 Å². The lowest BCUT2D eigenvalue weighted by Gasteiger charge is -2.18. The Labute approximate surface area is 103 Å². The number of carbonyl (C=O) groups excluding carboxylic acids is 1. The molecule has 94 valence electrons. The van der Waals surface area contributed by atoms with Gasteiger partial charge in [-0.3, -0.25) is 4.79 Å². The third kappa shape index (κ3) is 2.48. The maximum Gasteiger partial charge on any atom is 0.328 e. The van der Waals surface area contributed by atoms with E-state index in [2.05, 4.69) is 5.10 Å². The lowest BCUT2D eigenvalue weighted by atomic mass is 10.1. The third-order valence-corrected chi connectivity index (χ3v) is 2.53. The van der Waals surface area contributed by atoms with Gasteiger partial charge in [-0.15, -0.1) is 0 Å². The molecule has 0 aliphatic carbocycles. The van der Waals surface area contributed by atoms with Crippen molar-refractivity contribution in [1.82, 2.24) is 5.01 Å². The Morgan fingerprint density at radius 2 is 2.33 bits per heavy atom. The smallest absolute Gasteiger partial charge is 0.328 e. The Kier molecular flexibility index (Phi) is 3.27. The van der Waals surface area contributed by atoms with Crippen LogP contribution in [0.15, 0.2) is 40.1 Å². The lowest BCUT2D eigenvalue weighted by molar-refractivity contribution is -0.132. The zero-order chi connectivity index (χ0) is 13.1. The van der Waals surface area contributed by atoms with Crippen molar-refractivity contribution in [2.75, 3.05) is 0 Å². The van der Waals surface area contributed by atoms with Gasteiger partial charge in [0.25, 0.3) is 5.91 Å². The van der Waals surface area contributed by atoms with Crippen molar-refractivity contribution in [1.29, 1.82) is 0 Å². The zero-order valence-electron chi connectivity index (χ0n) is 9.74. The van der Waals surface area contributed by atoms with E-state index in [1.54, 1.807) is 12.1 Å². The predicted octanol–water partition coefficient (Wildman–Crippen LogP) is 1.57. The summed E-state index contributed by atoms with van der Waals surface area (Å²) in [6, 6.07) is 3.20. The number of carboxylic acids is 1. The summed E-state index contributed by atoms with van der Waals surface area (Å²) in [5, 5.41) is 13.8. The van der Waals surface area contributed by atoms with E-state index >= 15 is 0 Å². The molecule has 6 heteroatoms. The summed E-state index contributed by atoms with van der Waals surface area (Å²) >= 11 is 0. The summed E-state index contributed by atoms with van der Waals surface area (Å²) < 4.78 is 5.26. The molecule has 0 radical (unpaired) electrons. The molecule has 1 N–H and O–H groups in total. The molecule has 1 aromatic heterocycles. The number of hydrogen-bond acceptors (Lipinski definition) is 4. The van der Waals surface area contributed by atoms with Crippen molar-refractivity contribution in [2.45, 2.75) is 19.4 Å². The highest BCUT2D eigenvalue weighted by Crippen LogP contribution is 2.30. The number of furan rings is 1. The summed E-state index contributed by atoms with van der Waals surface area (Å²) in [5.41, 5.74) is 0.800. The molecule has 0 fully saturated rings. The van der Waals surface area contributed by atoms with Crippen LogP contribution in [0.2, 0.25) is 0 Å². The van der Waals surface area contributed by atoms with Gasteiger partial charge in [-0.2, -0.15) is 5.10 Å². The fourth-order valence-electron chi connectivity index (χ4n) is 1.78. The van der Waals surface area contributed by atoms with Crippen LogP contribution in [0.5, 0.6) is 0 Å². The van der Waals surface area contributed by atoms with Gasteiger partial charge in [0.2, 0.25) is 0 Å². The summed E-state index contributed by atoms with van der Waals surface area (Å²) in [7, 11) is 0. The molecular weight excluding hydrogens is 236 g/mol. The van der Waals surface area contributed by atoms with Crippen molar-refractivity contribution in [3.63, 3.8) is 0 Å². The van der Waals surface area contributed by atoms with E-state index in [0.29, 0.717) is 12.2 Å². The molecule has 0 spiro atoms. The molecule has 0 saturated carbocycles. The minimum atomic E-state index is -1.17. The molecule has 1 aliphatic heterocycles. The minimum Gasteiger partial charge on any atom is -0.478 e. The van der Waals surface area contributed by atoms with Gasteiger partial charge in [-0.05, 0) is 19.1 Å². The van der Waals surface area contributed by atoms with E-state index < -0.39 is 11.9 Å². The first-order chi connectivity index (χ1) is 8.58. The highest BCUT2D eigenvalue weighted by Gasteiger charge is 2.31. The molecule has 2 heterocycles. The van der Waals surface area contributed by atoms with Crippen LogP contribution in [0.3, 0.4) is 0 Å². The maximum atomic E-state index is 11.8. The number of rotatable bonds is 3. The van der Waals surface area contributed by atoms with Gasteiger partial charge in [0.15, 0.2) is 0 Å². The first-order valence-corrected chi connectivity index (χ1v) is 5.39. The Hall–Kier alpha value is -2.37. The molecule has 0 aromatic carbocycles. The summed E-state index contributed by atoms with van der Waals surface area (Å²) in [6.07, 6.45) is 3.89. The standard InChI is InChI=1S/C12H12N2O4/c1-8-7-9(10-3-2-6-18-10)14(13-8)11(15)4-5-12(16)17/h2-6,9H,7H2,1H3,(H,16,17). The fourth-order valence-corrected chi connectivity index (χ4v) is 1.78. The molecule has 1 amide bonds. The second-order valence-corrected chi connectivity index (χ2v) is 3.92. The second-order valence-electron chi connectivity index (χ2n) is 3.92. The number of hydrazone groups is 1. The molecule has 1 atom stereocenters. The van der Waals surface area contributed by atoms with E-state index in [1.165, 1.54) is 11.3 Å². The van der Waals surface area contributed by atoms with Crippen LogP contribution >= 0.6 is 0 Å². The van der Waals surface area contributed by atoms with Gasteiger partial charge in [0, 0.05) is 24.3 Å². The van der Waals surface area contributed by atoms with Gasteiger partial charge >= 0.3 is 5.97 Å². The van der Waals surface area contributed by atoms with Crippen molar-refractivity contribution in [3.05, 3.63) is 36.3 Å². The van der Waals surface area contributed by atoms with Gasteiger partial charge in [0.1, 0.15) is 11.8 Å². The van der Waals surface area contributed by atoms with Crippen LogP contribution < -0.4 is 0 Å². The van der Waals surface area contributed by atoms with Crippen LogP contribution in [0, 0.1) is 0 Å². The number of hydrogen-bond donors (Lipinski definition) is 1. The molecular formula is C12H12N2O4. The average molecular weight is 248 g/mol. The molecule has 6 nitrogen and oxygen atoms in total. The quantitative estimate of drug-likeness (QED) is 0.823. The fraction of sp³-hybridized carbons (Fsp3) is 0.250. The number of amides is 1. The Morgan fingerprint density at radius 1 is 1.56 bits per heavy atom.